The largest absolute Gasteiger partial charge is 0.481 e. The zero-order chi connectivity index (χ0) is 12.4. The summed E-state index contributed by atoms with van der Waals surface area (Å²) in [5.74, 6) is -1.03. The van der Waals surface area contributed by atoms with E-state index in [-0.39, 0.29) is 12.2 Å². The van der Waals surface area contributed by atoms with Gasteiger partial charge in [-0.2, -0.15) is 0 Å². The minimum Gasteiger partial charge on any atom is -0.481 e. The fourth-order valence-corrected chi connectivity index (χ4v) is 2.16. The summed E-state index contributed by atoms with van der Waals surface area (Å²) in [6.07, 6.45) is 0.820. The number of carbonyl (C=O) groups is 2. The number of allylic oxidation sites excluding steroid dienone is 1. The molecule has 88 valence electrons. The number of hydrogen-bond acceptors (Lipinski definition) is 2. The minimum atomic E-state index is -0.971. The van der Waals surface area contributed by atoms with Gasteiger partial charge in [0, 0.05) is 17.0 Å². The van der Waals surface area contributed by atoms with Crippen LogP contribution in [0.5, 0.6) is 0 Å². The molecular formula is C13H11ClO3. The lowest BCUT2D eigenvalue weighted by molar-refractivity contribution is -0.136. The van der Waals surface area contributed by atoms with E-state index >= 15 is 0 Å². The molecule has 0 amide bonds. The molecule has 1 N–H and O–H groups in total. The maximum absolute atomic E-state index is 11.6. The summed E-state index contributed by atoms with van der Waals surface area (Å²) in [6.45, 7) is 0. The molecule has 0 saturated carbocycles. The Morgan fingerprint density at radius 2 is 1.88 bits per heavy atom. The van der Waals surface area contributed by atoms with Crippen molar-refractivity contribution in [1.82, 2.24) is 0 Å². The van der Waals surface area contributed by atoms with E-state index in [9.17, 15) is 9.59 Å². The highest BCUT2D eigenvalue weighted by molar-refractivity contribution is 6.30. The SMILES string of the molecule is O=C(O)CC1=C(c2ccc(Cl)cc2)CCC1=O. The van der Waals surface area contributed by atoms with E-state index in [2.05, 4.69) is 0 Å². The number of carbonyl (C=O) groups excluding carboxylic acids is 1. The molecule has 0 fully saturated rings. The van der Waals surface area contributed by atoms with Crippen LogP contribution in [-0.2, 0) is 9.59 Å². The molecule has 0 unspecified atom stereocenters. The molecule has 0 aliphatic heterocycles. The van der Waals surface area contributed by atoms with Gasteiger partial charge in [0.1, 0.15) is 0 Å². The number of hydrogen-bond donors (Lipinski definition) is 1. The van der Waals surface area contributed by atoms with E-state index in [1.807, 2.05) is 12.1 Å². The van der Waals surface area contributed by atoms with Crippen molar-refractivity contribution in [3.63, 3.8) is 0 Å². The highest BCUT2D eigenvalue weighted by Crippen LogP contribution is 2.33. The Morgan fingerprint density at radius 3 is 2.47 bits per heavy atom. The van der Waals surface area contributed by atoms with E-state index in [0.717, 1.165) is 11.1 Å². The van der Waals surface area contributed by atoms with Crippen molar-refractivity contribution in [2.24, 2.45) is 0 Å². The number of carboxylic acid groups (broad SMARTS) is 1. The maximum Gasteiger partial charge on any atom is 0.307 e. The first kappa shape index (κ1) is 11.9. The summed E-state index contributed by atoms with van der Waals surface area (Å²) in [5.41, 5.74) is 2.16. The van der Waals surface area contributed by atoms with Crippen molar-refractivity contribution in [2.45, 2.75) is 19.3 Å². The zero-order valence-electron chi connectivity index (χ0n) is 9.07. The Labute approximate surface area is 104 Å². The van der Waals surface area contributed by atoms with Crippen molar-refractivity contribution < 1.29 is 14.7 Å². The van der Waals surface area contributed by atoms with Crippen LogP contribution in [0.3, 0.4) is 0 Å². The van der Waals surface area contributed by atoms with Crippen molar-refractivity contribution in [2.75, 3.05) is 0 Å². The zero-order valence-corrected chi connectivity index (χ0v) is 9.83. The van der Waals surface area contributed by atoms with Gasteiger partial charge in [0.25, 0.3) is 0 Å². The predicted octanol–water partition coefficient (Wildman–Crippen LogP) is 2.93. The van der Waals surface area contributed by atoms with Crippen LogP contribution in [0.1, 0.15) is 24.8 Å². The summed E-state index contributed by atoms with van der Waals surface area (Å²) >= 11 is 5.79. The summed E-state index contributed by atoms with van der Waals surface area (Å²) < 4.78 is 0. The number of benzene rings is 1. The van der Waals surface area contributed by atoms with Gasteiger partial charge in [-0.05, 0) is 29.7 Å². The average Bonchev–Trinajstić information content (AvgIpc) is 2.61. The Balaban J connectivity index is 2.40. The molecule has 1 aliphatic carbocycles. The molecule has 0 bridgehead atoms. The first-order valence-corrected chi connectivity index (χ1v) is 5.68. The van der Waals surface area contributed by atoms with Gasteiger partial charge in [-0.25, -0.2) is 0 Å². The third-order valence-corrected chi connectivity index (χ3v) is 3.08. The van der Waals surface area contributed by atoms with Crippen molar-refractivity contribution in [3.05, 3.63) is 40.4 Å². The topological polar surface area (TPSA) is 54.4 Å². The van der Waals surface area contributed by atoms with E-state index in [4.69, 9.17) is 16.7 Å². The number of carboxylic acids is 1. The van der Waals surface area contributed by atoms with Crippen LogP contribution in [0, 0.1) is 0 Å². The van der Waals surface area contributed by atoms with Gasteiger partial charge in [0.2, 0.25) is 0 Å². The lowest BCUT2D eigenvalue weighted by Crippen LogP contribution is -2.04. The van der Waals surface area contributed by atoms with Gasteiger partial charge in [-0.3, -0.25) is 9.59 Å². The summed E-state index contributed by atoms with van der Waals surface area (Å²) in [5, 5.41) is 9.42. The van der Waals surface area contributed by atoms with Crippen LogP contribution >= 0.6 is 11.6 Å². The molecule has 4 heteroatoms. The number of aliphatic carboxylic acids is 1. The lowest BCUT2D eigenvalue weighted by Gasteiger charge is -2.05. The van der Waals surface area contributed by atoms with Gasteiger partial charge >= 0.3 is 5.97 Å². The molecule has 0 atom stereocenters. The Hall–Kier alpha value is -1.61. The average molecular weight is 251 g/mol. The standard InChI is InChI=1S/C13H11ClO3/c14-9-3-1-8(2-4-9)10-5-6-12(15)11(10)7-13(16)17/h1-4H,5-7H2,(H,16,17). The summed E-state index contributed by atoms with van der Waals surface area (Å²) in [4.78, 5) is 22.3. The van der Waals surface area contributed by atoms with Crippen molar-refractivity contribution >= 4 is 28.9 Å². The lowest BCUT2D eigenvalue weighted by atomic mass is 10.0. The molecule has 0 aromatic heterocycles. The third-order valence-electron chi connectivity index (χ3n) is 2.82. The van der Waals surface area contributed by atoms with Crippen molar-refractivity contribution in [1.29, 1.82) is 0 Å². The van der Waals surface area contributed by atoms with E-state index < -0.39 is 5.97 Å². The third kappa shape index (κ3) is 2.56. The molecule has 2 rings (SSSR count). The van der Waals surface area contributed by atoms with Crippen LogP contribution in [-0.4, -0.2) is 16.9 Å². The second-order valence-corrected chi connectivity index (χ2v) is 4.39. The number of rotatable bonds is 3. The molecule has 0 heterocycles. The number of ketones is 1. The second kappa shape index (κ2) is 4.72. The molecule has 1 aromatic rings. The van der Waals surface area contributed by atoms with Gasteiger partial charge in [-0.15, -0.1) is 0 Å². The summed E-state index contributed by atoms with van der Waals surface area (Å²) in [7, 11) is 0. The highest BCUT2D eigenvalue weighted by Gasteiger charge is 2.25. The molecule has 17 heavy (non-hydrogen) atoms. The molecule has 1 aromatic carbocycles. The highest BCUT2D eigenvalue weighted by atomic mass is 35.5. The monoisotopic (exact) mass is 250 g/mol. The minimum absolute atomic E-state index is 0.0580. The second-order valence-electron chi connectivity index (χ2n) is 3.96. The van der Waals surface area contributed by atoms with Gasteiger partial charge in [0.15, 0.2) is 5.78 Å². The molecule has 0 radical (unpaired) electrons. The van der Waals surface area contributed by atoms with Crippen LogP contribution in [0.4, 0.5) is 0 Å². The van der Waals surface area contributed by atoms with Crippen molar-refractivity contribution in [3.8, 4) is 0 Å². The summed E-state index contributed by atoms with van der Waals surface area (Å²) in [6, 6.07) is 7.12. The molecule has 3 nitrogen and oxygen atoms in total. The van der Waals surface area contributed by atoms with Crippen LogP contribution in [0.25, 0.3) is 5.57 Å². The predicted molar refractivity (Wildman–Crippen MR) is 64.9 cm³/mol. The van der Waals surface area contributed by atoms with Crippen LogP contribution < -0.4 is 0 Å². The first-order valence-electron chi connectivity index (χ1n) is 5.31. The number of Topliss-reactive ketones (excluding diaryl/α,β-unsaturated/α-hetero) is 1. The molecule has 0 saturated heterocycles. The fourth-order valence-electron chi connectivity index (χ4n) is 2.03. The quantitative estimate of drug-likeness (QED) is 0.897. The Kier molecular flexibility index (Phi) is 3.29. The van der Waals surface area contributed by atoms with E-state index in [0.29, 0.717) is 23.4 Å². The van der Waals surface area contributed by atoms with E-state index in [1.54, 1.807) is 12.1 Å². The molecule has 1 aliphatic rings. The fraction of sp³-hybridized carbons (Fsp3) is 0.231. The van der Waals surface area contributed by atoms with Gasteiger partial charge in [-0.1, -0.05) is 23.7 Å². The smallest absolute Gasteiger partial charge is 0.307 e. The van der Waals surface area contributed by atoms with Crippen LogP contribution in [0.15, 0.2) is 29.8 Å². The van der Waals surface area contributed by atoms with Crippen LogP contribution in [0.2, 0.25) is 5.02 Å². The van der Waals surface area contributed by atoms with E-state index in [1.165, 1.54) is 0 Å². The Morgan fingerprint density at radius 1 is 1.24 bits per heavy atom. The van der Waals surface area contributed by atoms with Gasteiger partial charge < -0.3 is 5.11 Å². The number of halogens is 1. The first-order chi connectivity index (χ1) is 8.08. The molecular weight excluding hydrogens is 240 g/mol. The van der Waals surface area contributed by atoms with Gasteiger partial charge in [0.05, 0.1) is 6.42 Å². The Bertz CT molecular complexity index is 500. The molecule has 0 spiro atoms. The normalized spacial score (nSPS) is 15.5. The maximum atomic E-state index is 11.6.